The molecule has 0 amide bonds. The lowest BCUT2D eigenvalue weighted by Crippen LogP contribution is -2.48. The Hall–Kier alpha value is -1.81. The van der Waals surface area contributed by atoms with Gasteiger partial charge in [-0.3, -0.25) is 4.99 Å². The molecule has 0 bridgehead atoms. The fourth-order valence-corrected chi connectivity index (χ4v) is 4.37. The maximum atomic E-state index is 5.52. The van der Waals surface area contributed by atoms with Crippen molar-refractivity contribution in [2.75, 3.05) is 51.3 Å². The lowest BCUT2D eigenvalue weighted by molar-refractivity contribution is 0.122. The van der Waals surface area contributed by atoms with Gasteiger partial charge in [-0.1, -0.05) is 25.1 Å². The second-order valence-corrected chi connectivity index (χ2v) is 7.92. The van der Waals surface area contributed by atoms with E-state index >= 15 is 0 Å². The molecule has 2 saturated heterocycles. The summed E-state index contributed by atoms with van der Waals surface area (Å²) in [6.07, 6.45) is 7.01. The summed E-state index contributed by atoms with van der Waals surface area (Å²) in [5, 5.41) is 3.61. The van der Waals surface area contributed by atoms with E-state index in [1.807, 2.05) is 19.6 Å². The molecule has 0 aliphatic carbocycles. The maximum absolute atomic E-state index is 5.52. The number of hydrogen-bond donors (Lipinski definition) is 1. The van der Waals surface area contributed by atoms with Gasteiger partial charge in [0.2, 0.25) is 0 Å². The minimum atomic E-state index is 0. The molecule has 2 fully saturated rings. The molecular weight excluding hydrogens is 491 g/mol. The minimum absolute atomic E-state index is 0. The molecule has 4 rings (SSSR count). The summed E-state index contributed by atoms with van der Waals surface area (Å²) in [4.78, 5) is 13.6. The van der Waals surface area contributed by atoms with Gasteiger partial charge in [-0.25, -0.2) is 4.98 Å². The zero-order valence-electron chi connectivity index (χ0n) is 17.9. The van der Waals surface area contributed by atoms with E-state index in [1.165, 1.54) is 11.3 Å². The highest BCUT2D eigenvalue weighted by atomic mass is 127. The van der Waals surface area contributed by atoms with Crippen molar-refractivity contribution in [3.8, 4) is 0 Å². The van der Waals surface area contributed by atoms with E-state index in [0.29, 0.717) is 12.0 Å². The molecule has 2 unspecified atom stereocenters. The summed E-state index contributed by atoms with van der Waals surface area (Å²) >= 11 is 0. The number of aliphatic imine (C=N–C) groups is 1. The molecule has 0 saturated carbocycles. The number of guanidine groups is 1. The van der Waals surface area contributed by atoms with Crippen molar-refractivity contribution in [2.24, 2.45) is 10.9 Å². The number of para-hydroxylation sites is 1. The van der Waals surface area contributed by atoms with Crippen LogP contribution in [0.15, 0.2) is 48.0 Å². The number of aromatic nitrogens is 2. The normalized spacial score (nSPS) is 22.5. The molecule has 2 atom stereocenters. The number of imidazole rings is 1. The maximum Gasteiger partial charge on any atom is 0.193 e. The summed E-state index contributed by atoms with van der Waals surface area (Å²) < 4.78 is 7.75. The first-order valence-corrected chi connectivity index (χ1v) is 10.6. The van der Waals surface area contributed by atoms with Crippen molar-refractivity contribution >= 4 is 35.6 Å². The zero-order chi connectivity index (χ0) is 20.1. The molecule has 3 heterocycles. The van der Waals surface area contributed by atoms with Crippen LogP contribution in [0.1, 0.15) is 24.9 Å². The van der Waals surface area contributed by atoms with Crippen LogP contribution in [-0.4, -0.2) is 66.9 Å². The zero-order valence-corrected chi connectivity index (χ0v) is 20.2. The highest BCUT2D eigenvalue weighted by Gasteiger charge is 2.29. The number of anilines is 1. The fourth-order valence-electron chi connectivity index (χ4n) is 4.37. The van der Waals surface area contributed by atoms with Crippen LogP contribution in [0, 0.1) is 5.92 Å². The third kappa shape index (κ3) is 5.26. The molecule has 1 aromatic heterocycles. The van der Waals surface area contributed by atoms with Crippen LogP contribution in [-0.2, 0) is 11.3 Å². The summed E-state index contributed by atoms with van der Waals surface area (Å²) in [5.74, 6) is 1.60. The molecule has 8 heteroatoms. The van der Waals surface area contributed by atoms with Crippen molar-refractivity contribution in [3.05, 3.63) is 48.5 Å². The Morgan fingerprint density at radius 1 is 1.23 bits per heavy atom. The lowest BCUT2D eigenvalue weighted by Gasteiger charge is -2.39. The Balaban J connectivity index is 0.00000256. The van der Waals surface area contributed by atoms with Crippen LogP contribution >= 0.6 is 24.0 Å². The van der Waals surface area contributed by atoms with Gasteiger partial charge in [0.25, 0.3) is 0 Å². The number of benzene rings is 1. The summed E-state index contributed by atoms with van der Waals surface area (Å²) in [6, 6.07) is 9.07. The number of piperidine rings is 1. The molecule has 1 N–H and O–H groups in total. The Bertz CT molecular complexity index is 806. The van der Waals surface area contributed by atoms with Gasteiger partial charge in [-0.2, -0.15) is 0 Å². The molecule has 0 spiro atoms. The highest BCUT2D eigenvalue weighted by Crippen LogP contribution is 2.27. The third-order valence-corrected chi connectivity index (χ3v) is 6.12. The second kappa shape index (κ2) is 11.0. The molecule has 2 aliphatic rings. The van der Waals surface area contributed by atoms with Gasteiger partial charge >= 0.3 is 0 Å². The minimum Gasteiger partial charge on any atom is -0.378 e. The van der Waals surface area contributed by atoms with Crippen LogP contribution in [0.4, 0.5) is 5.69 Å². The van der Waals surface area contributed by atoms with Crippen LogP contribution < -0.4 is 10.2 Å². The molecule has 164 valence electrons. The Labute approximate surface area is 196 Å². The highest BCUT2D eigenvalue weighted by molar-refractivity contribution is 14.0. The van der Waals surface area contributed by atoms with Gasteiger partial charge in [0.05, 0.1) is 25.6 Å². The van der Waals surface area contributed by atoms with Crippen molar-refractivity contribution in [3.63, 3.8) is 0 Å². The van der Waals surface area contributed by atoms with Gasteiger partial charge in [0.1, 0.15) is 0 Å². The standard InChI is InChI=1S/C22H32N6O.HI/c1-18-7-9-27(16-21(18)28-10-8-24-17-28)22(23-2)25-15-19-5-3-4-6-20(19)26-11-13-29-14-12-26;/h3-6,8,10,17-18,21H,7,9,11-16H2,1-2H3,(H,23,25);1H. The first kappa shape index (κ1) is 22.9. The molecule has 1 aromatic carbocycles. The number of rotatable bonds is 4. The fraction of sp³-hybridized carbons (Fsp3) is 0.545. The van der Waals surface area contributed by atoms with Crippen LogP contribution in [0.25, 0.3) is 0 Å². The Kier molecular flexibility index (Phi) is 8.38. The number of halogens is 1. The van der Waals surface area contributed by atoms with Crippen LogP contribution in [0.3, 0.4) is 0 Å². The van der Waals surface area contributed by atoms with E-state index < -0.39 is 0 Å². The molecule has 30 heavy (non-hydrogen) atoms. The predicted octanol–water partition coefficient (Wildman–Crippen LogP) is 3.00. The quantitative estimate of drug-likeness (QED) is 0.379. The topological polar surface area (TPSA) is 57.9 Å². The van der Waals surface area contributed by atoms with Gasteiger partial charge in [-0.05, 0) is 24.0 Å². The Morgan fingerprint density at radius 3 is 2.77 bits per heavy atom. The molecule has 0 radical (unpaired) electrons. The van der Waals surface area contributed by atoms with Gasteiger partial charge < -0.3 is 24.4 Å². The average molecular weight is 524 g/mol. The number of morpholine rings is 1. The van der Waals surface area contributed by atoms with Crippen molar-refractivity contribution < 1.29 is 4.74 Å². The third-order valence-electron chi connectivity index (χ3n) is 6.12. The molecule has 2 aromatic rings. The van der Waals surface area contributed by atoms with Gasteiger partial charge in [-0.15, -0.1) is 24.0 Å². The number of likely N-dealkylation sites (tertiary alicyclic amines) is 1. The molecule has 7 nitrogen and oxygen atoms in total. The van der Waals surface area contributed by atoms with E-state index in [9.17, 15) is 0 Å². The monoisotopic (exact) mass is 524 g/mol. The van der Waals surface area contributed by atoms with E-state index in [-0.39, 0.29) is 24.0 Å². The number of nitrogens with one attached hydrogen (secondary N) is 1. The number of hydrogen-bond acceptors (Lipinski definition) is 4. The van der Waals surface area contributed by atoms with Crippen LogP contribution in [0.2, 0.25) is 0 Å². The number of nitrogens with zero attached hydrogens (tertiary/aromatic N) is 5. The first-order chi connectivity index (χ1) is 14.3. The van der Waals surface area contributed by atoms with Gasteiger partial charge in [0.15, 0.2) is 5.96 Å². The lowest BCUT2D eigenvalue weighted by atomic mass is 9.93. The van der Waals surface area contributed by atoms with E-state index in [1.54, 1.807) is 0 Å². The molecule has 2 aliphatic heterocycles. The Morgan fingerprint density at radius 2 is 2.03 bits per heavy atom. The second-order valence-electron chi connectivity index (χ2n) is 7.92. The predicted molar refractivity (Wildman–Crippen MR) is 132 cm³/mol. The van der Waals surface area contributed by atoms with E-state index in [4.69, 9.17) is 4.74 Å². The molecular formula is C22H33IN6O. The smallest absolute Gasteiger partial charge is 0.193 e. The van der Waals surface area contributed by atoms with Gasteiger partial charge in [0, 0.05) is 57.9 Å². The number of ether oxygens (including phenoxy) is 1. The summed E-state index contributed by atoms with van der Waals surface area (Å²) in [5.41, 5.74) is 2.59. The first-order valence-electron chi connectivity index (χ1n) is 10.6. The van der Waals surface area contributed by atoms with Crippen LogP contribution in [0.5, 0.6) is 0 Å². The van der Waals surface area contributed by atoms with Crippen molar-refractivity contribution in [1.82, 2.24) is 19.8 Å². The SMILES string of the molecule is CN=C(NCc1ccccc1N1CCOCC1)N1CCC(C)C(n2ccnc2)C1.I. The van der Waals surface area contributed by atoms with E-state index in [2.05, 4.69) is 67.0 Å². The average Bonchev–Trinajstić information content (AvgIpc) is 3.31. The van der Waals surface area contributed by atoms with E-state index in [0.717, 1.165) is 58.3 Å². The summed E-state index contributed by atoms with van der Waals surface area (Å²) in [6.45, 7) is 8.55. The summed E-state index contributed by atoms with van der Waals surface area (Å²) in [7, 11) is 1.88. The van der Waals surface area contributed by atoms with Crippen molar-refractivity contribution in [1.29, 1.82) is 0 Å². The van der Waals surface area contributed by atoms with Crippen molar-refractivity contribution in [2.45, 2.75) is 25.9 Å². The largest absolute Gasteiger partial charge is 0.378 e.